The molecule has 92 valence electrons. The van der Waals surface area contributed by atoms with Crippen molar-refractivity contribution in [3.63, 3.8) is 0 Å². The lowest BCUT2D eigenvalue weighted by atomic mass is 9.78. The maximum absolute atomic E-state index is 12.2. The standard InChI is InChI=1S/C10H14F3NO2/c1-3-9(2)5-4-7(15)14(8(9)16)6-10(11,12)13/h3-6H2,1-2H3. The van der Waals surface area contributed by atoms with Crippen LogP contribution >= 0.6 is 0 Å². The second-order valence-electron chi connectivity index (χ2n) is 4.31. The highest BCUT2D eigenvalue weighted by molar-refractivity contribution is 6.00. The van der Waals surface area contributed by atoms with Gasteiger partial charge in [0.2, 0.25) is 11.8 Å². The Kier molecular flexibility index (Phi) is 3.30. The molecule has 0 aromatic rings. The Bertz CT molecular complexity index is 314. The van der Waals surface area contributed by atoms with E-state index in [0.29, 0.717) is 17.7 Å². The lowest BCUT2D eigenvalue weighted by Crippen LogP contribution is -2.53. The van der Waals surface area contributed by atoms with E-state index in [2.05, 4.69) is 0 Å². The van der Waals surface area contributed by atoms with Crippen LogP contribution in [-0.4, -0.2) is 29.4 Å². The van der Waals surface area contributed by atoms with Crippen LogP contribution < -0.4 is 0 Å². The Morgan fingerprint density at radius 1 is 1.38 bits per heavy atom. The van der Waals surface area contributed by atoms with Gasteiger partial charge in [0.25, 0.3) is 0 Å². The summed E-state index contributed by atoms with van der Waals surface area (Å²) in [6, 6.07) is 0. The summed E-state index contributed by atoms with van der Waals surface area (Å²) in [5.41, 5.74) is -0.834. The fraction of sp³-hybridized carbons (Fsp3) is 0.800. The zero-order valence-corrected chi connectivity index (χ0v) is 9.23. The first-order valence-electron chi connectivity index (χ1n) is 5.11. The second kappa shape index (κ2) is 4.07. The summed E-state index contributed by atoms with van der Waals surface area (Å²) < 4.78 is 36.6. The Hall–Kier alpha value is -1.07. The summed E-state index contributed by atoms with van der Waals surface area (Å²) in [7, 11) is 0. The number of amides is 2. The van der Waals surface area contributed by atoms with Crippen LogP contribution in [0.3, 0.4) is 0 Å². The van der Waals surface area contributed by atoms with E-state index in [1.807, 2.05) is 0 Å². The van der Waals surface area contributed by atoms with Crippen molar-refractivity contribution in [2.24, 2.45) is 5.41 Å². The minimum absolute atomic E-state index is 0.00611. The number of hydrogen-bond acceptors (Lipinski definition) is 2. The second-order valence-corrected chi connectivity index (χ2v) is 4.31. The van der Waals surface area contributed by atoms with E-state index in [-0.39, 0.29) is 6.42 Å². The van der Waals surface area contributed by atoms with Crippen LogP contribution in [0.2, 0.25) is 0 Å². The largest absolute Gasteiger partial charge is 0.406 e. The maximum Gasteiger partial charge on any atom is 0.406 e. The van der Waals surface area contributed by atoms with Crippen molar-refractivity contribution in [2.75, 3.05) is 6.54 Å². The average molecular weight is 237 g/mol. The number of carbonyl (C=O) groups is 2. The summed E-state index contributed by atoms with van der Waals surface area (Å²) in [5, 5.41) is 0. The molecule has 3 nitrogen and oxygen atoms in total. The summed E-state index contributed by atoms with van der Waals surface area (Å²) in [6.07, 6.45) is -3.76. The van der Waals surface area contributed by atoms with Crippen LogP contribution in [0.15, 0.2) is 0 Å². The van der Waals surface area contributed by atoms with Gasteiger partial charge in [-0.3, -0.25) is 14.5 Å². The van der Waals surface area contributed by atoms with E-state index >= 15 is 0 Å². The van der Waals surface area contributed by atoms with E-state index in [1.165, 1.54) is 0 Å². The Morgan fingerprint density at radius 3 is 2.38 bits per heavy atom. The monoisotopic (exact) mass is 237 g/mol. The molecular formula is C10H14F3NO2. The van der Waals surface area contributed by atoms with Crippen LogP contribution in [0.25, 0.3) is 0 Å². The van der Waals surface area contributed by atoms with Crippen LogP contribution in [0, 0.1) is 5.41 Å². The number of halogens is 3. The van der Waals surface area contributed by atoms with Gasteiger partial charge in [0, 0.05) is 11.8 Å². The molecule has 1 saturated heterocycles. The number of piperidine rings is 1. The Balaban J connectivity index is 2.89. The van der Waals surface area contributed by atoms with Crippen molar-refractivity contribution < 1.29 is 22.8 Å². The van der Waals surface area contributed by atoms with Crippen LogP contribution in [0.5, 0.6) is 0 Å². The fourth-order valence-electron chi connectivity index (χ4n) is 1.73. The molecule has 1 aliphatic heterocycles. The number of hydrogen-bond donors (Lipinski definition) is 0. The lowest BCUT2D eigenvalue weighted by Gasteiger charge is -2.37. The quantitative estimate of drug-likeness (QED) is 0.690. The average Bonchev–Trinajstić information content (AvgIpc) is 2.18. The molecule has 1 aliphatic rings. The van der Waals surface area contributed by atoms with E-state index < -0.39 is 30.0 Å². The van der Waals surface area contributed by atoms with Crippen molar-refractivity contribution in [1.82, 2.24) is 4.90 Å². The molecule has 0 aromatic carbocycles. The Labute approximate surface area is 91.6 Å². The lowest BCUT2D eigenvalue weighted by molar-refractivity contribution is -0.179. The zero-order chi connectivity index (χ0) is 12.6. The third-order valence-electron chi connectivity index (χ3n) is 3.07. The summed E-state index contributed by atoms with van der Waals surface area (Å²) in [6.45, 7) is 1.87. The SMILES string of the molecule is CCC1(C)CCC(=O)N(CC(F)(F)F)C1=O. The molecule has 0 saturated carbocycles. The number of nitrogens with zero attached hydrogens (tertiary/aromatic N) is 1. The molecule has 1 fully saturated rings. The van der Waals surface area contributed by atoms with Gasteiger partial charge in [-0.15, -0.1) is 0 Å². The minimum Gasteiger partial charge on any atom is -0.274 e. The summed E-state index contributed by atoms with van der Waals surface area (Å²) >= 11 is 0. The smallest absolute Gasteiger partial charge is 0.274 e. The van der Waals surface area contributed by atoms with Gasteiger partial charge >= 0.3 is 6.18 Å². The number of imide groups is 1. The molecule has 2 amide bonds. The topological polar surface area (TPSA) is 37.4 Å². The van der Waals surface area contributed by atoms with Crippen LogP contribution in [0.1, 0.15) is 33.1 Å². The highest BCUT2D eigenvalue weighted by Gasteiger charge is 2.46. The fourth-order valence-corrected chi connectivity index (χ4v) is 1.73. The minimum atomic E-state index is -4.53. The molecule has 0 spiro atoms. The molecule has 16 heavy (non-hydrogen) atoms. The van der Waals surface area contributed by atoms with Gasteiger partial charge < -0.3 is 0 Å². The molecule has 0 N–H and O–H groups in total. The molecule has 1 heterocycles. The molecule has 1 atom stereocenters. The predicted octanol–water partition coefficient (Wildman–Crippen LogP) is 2.11. The van der Waals surface area contributed by atoms with E-state index in [4.69, 9.17) is 0 Å². The van der Waals surface area contributed by atoms with Crippen molar-refractivity contribution in [1.29, 1.82) is 0 Å². The molecule has 0 radical (unpaired) electrons. The van der Waals surface area contributed by atoms with Gasteiger partial charge in [-0.2, -0.15) is 13.2 Å². The van der Waals surface area contributed by atoms with Gasteiger partial charge in [-0.05, 0) is 12.8 Å². The molecule has 6 heteroatoms. The summed E-state index contributed by atoms with van der Waals surface area (Å²) in [5.74, 6) is -1.43. The third kappa shape index (κ3) is 2.54. The van der Waals surface area contributed by atoms with Crippen LogP contribution in [-0.2, 0) is 9.59 Å². The zero-order valence-electron chi connectivity index (χ0n) is 9.23. The number of rotatable bonds is 2. The maximum atomic E-state index is 12.2. The van der Waals surface area contributed by atoms with E-state index in [9.17, 15) is 22.8 Å². The Morgan fingerprint density at radius 2 is 1.94 bits per heavy atom. The summed E-state index contributed by atoms with van der Waals surface area (Å²) in [4.78, 5) is 23.4. The van der Waals surface area contributed by atoms with Crippen molar-refractivity contribution in [2.45, 2.75) is 39.3 Å². The van der Waals surface area contributed by atoms with Gasteiger partial charge in [0.05, 0.1) is 0 Å². The highest BCUT2D eigenvalue weighted by Crippen LogP contribution is 2.35. The molecule has 0 bridgehead atoms. The first kappa shape index (κ1) is 13.0. The first-order chi connectivity index (χ1) is 7.19. The molecule has 0 aliphatic carbocycles. The molecule has 1 unspecified atom stereocenters. The van der Waals surface area contributed by atoms with E-state index in [0.717, 1.165) is 0 Å². The predicted molar refractivity (Wildman–Crippen MR) is 50.4 cm³/mol. The molecule has 1 rings (SSSR count). The van der Waals surface area contributed by atoms with Gasteiger partial charge in [-0.1, -0.05) is 13.8 Å². The number of alkyl halides is 3. The van der Waals surface area contributed by atoms with Crippen molar-refractivity contribution in [3.05, 3.63) is 0 Å². The van der Waals surface area contributed by atoms with Crippen LogP contribution in [0.4, 0.5) is 13.2 Å². The highest BCUT2D eigenvalue weighted by atomic mass is 19.4. The van der Waals surface area contributed by atoms with Crippen molar-refractivity contribution >= 4 is 11.8 Å². The normalized spacial score (nSPS) is 27.4. The van der Waals surface area contributed by atoms with E-state index in [1.54, 1.807) is 13.8 Å². The van der Waals surface area contributed by atoms with Gasteiger partial charge in [-0.25, -0.2) is 0 Å². The van der Waals surface area contributed by atoms with Gasteiger partial charge in [0.15, 0.2) is 0 Å². The molecule has 0 aromatic heterocycles. The number of likely N-dealkylation sites (tertiary alicyclic amines) is 1. The van der Waals surface area contributed by atoms with Crippen molar-refractivity contribution in [3.8, 4) is 0 Å². The first-order valence-corrected chi connectivity index (χ1v) is 5.11. The number of carbonyl (C=O) groups excluding carboxylic acids is 2. The molecular weight excluding hydrogens is 223 g/mol. The van der Waals surface area contributed by atoms with Gasteiger partial charge in [0.1, 0.15) is 6.54 Å². The third-order valence-corrected chi connectivity index (χ3v) is 3.07.